The highest BCUT2D eigenvalue weighted by atomic mass is 16.6. The molecule has 6 nitrogen and oxygen atoms in total. The molecule has 1 rings (SSSR count). The molecular weight excluding hydrogens is 296 g/mol. The van der Waals surface area contributed by atoms with E-state index >= 15 is 0 Å². The lowest BCUT2D eigenvalue weighted by Crippen LogP contribution is -2.47. The van der Waals surface area contributed by atoms with Gasteiger partial charge in [0.2, 0.25) is 5.91 Å². The summed E-state index contributed by atoms with van der Waals surface area (Å²) in [4.78, 5) is 23.7. The number of rotatable bonds is 6. The van der Waals surface area contributed by atoms with Crippen LogP contribution in [0.5, 0.6) is 5.75 Å². The minimum absolute atomic E-state index is 0.226. The molecule has 1 aromatic rings. The molecule has 128 valence electrons. The highest BCUT2D eigenvalue weighted by Gasteiger charge is 2.23. The summed E-state index contributed by atoms with van der Waals surface area (Å²) in [6.07, 6.45) is 1.37. The molecule has 0 heterocycles. The van der Waals surface area contributed by atoms with Crippen LogP contribution in [0.2, 0.25) is 0 Å². The molecule has 1 atom stereocenters. The van der Waals surface area contributed by atoms with Crippen LogP contribution in [0, 0.1) is 0 Å². The molecule has 3 N–H and O–H groups in total. The molecule has 0 spiro atoms. The van der Waals surface area contributed by atoms with Gasteiger partial charge >= 0.3 is 6.09 Å². The Labute approximate surface area is 137 Å². The van der Waals surface area contributed by atoms with E-state index in [4.69, 9.17) is 4.74 Å². The predicted octanol–water partition coefficient (Wildman–Crippen LogP) is 2.35. The summed E-state index contributed by atoms with van der Waals surface area (Å²) in [5.41, 5.74) is 0.458. The third-order valence-corrected chi connectivity index (χ3v) is 3.15. The van der Waals surface area contributed by atoms with E-state index in [1.165, 1.54) is 7.05 Å². The molecule has 23 heavy (non-hydrogen) atoms. The SMILES string of the molecule is CNC(=O)C(CCCc1ccc(O)cc1)NC(=O)OC(C)(C)C. The summed E-state index contributed by atoms with van der Waals surface area (Å²) in [7, 11) is 1.53. The van der Waals surface area contributed by atoms with Crippen LogP contribution in [0.1, 0.15) is 39.2 Å². The van der Waals surface area contributed by atoms with Crippen molar-refractivity contribution in [3.63, 3.8) is 0 Å². The number of benzene rings is 1. The van der Waals surface area contributed by atoms with Crippen molar-refractivity contribution in [2.75, 3.05) is 7.05 Å². The first-order valence-corrected chi connectivity index (χ1v) is 7.70. The Morgan fingerprint density at radius 2 is 1.83 bits per heavy atom. The quantitative estimate of drug-likeness (QED) is 0.750. The number of phenols is 1. The molecule has 2 amide bonds. The summed E-state index contributed by atoms with van der Waals surface area (Å²) >= 11 is 0. The monoisotopic (exact) mass is 322 g/mol. The second-order valence-electron chi connectivity index (χ2n) is 6.37. The number of nitrogens with one attached hydrogen (secondary N) is 2. The van der Waals surface area contributed by atoms with E-state index in [0.717, 1.165) is 18.4 Å². The first-order chi connectivity index (χ1) is 10.7. The number of carbonyl (C=O) groups excluding carboxylic acids is 2. The maximum atomic E-state index is 11.9. The number of carbonyl (C=O) groups is 2. The number of phenolic OH excluding ortho intramolecular Hbond substituents is 1. The van der Waals surface area contributed by atoms with E-state index in [9.17, 15) is 14.7 Å². The van der Waals surface area contributed by atoms with Crippen LogP contribution in [0.25, 0.3) is 0 Å². The van der Waals surface area contributed by atoms with E-state index in [2.05, 4.69) is 10.6 Å². The van der Waals surface area contributed by atoms with Crippen molar-refractivity contribution in [2.45, 2.75) is 51.7 Å². The molecule has 6 heteroatoms. The Hall–Kier alpha value is -2.24. The Balaban J connectivity index is 2.52. The van der Waals surface area contributed by atoms with Gasteiger partial charge in [0, 0.05) is 7.05 Å². The van der Waals surface area contributed by atoms with Gasteiger partial charge in [0.15, 0.2) is 0 Å². The van der Waals surface area contributed by atoms with Crippen molar-refractivity contribution in [3.05, 3.63) is 29.8 Å². The Morgan fingerprint density at radius 3 is 2.35 bits per heavy atom. The summed E-state index contributed by atoms with van der Waals surface area (Å²) in [5.74, 6) is -0.0230. The number of hydrogen-bond acceptors (Lipinski definition) is 4. The topological polar surface area (TPSA) is 87.7 Å². The van der Waals surface area contributed by atoms with Gasteiger partial charge in [0.05, 0.1) is 0 Å². The molecule has 0 aliphatic carbocycles. The molecule has 0 bridgehead atoms. The van der Waals surface area contributed by atoms with Gasteiger partial charge in [-0.15, -0.1) is 0 Å². The average molecular weight is 322 g/mol. The van der Waals surface area contributed by atoms with Crippen LogP contribution in [0.3, 0.4) is 0 Å². The highest BCUT2D eigenvalue weighted by Crippen LogP contribution is 2.13. The molecule has 0 radical (unpaired) electrons. The van der Waals surface area contributed by atoms with E-state index in [1.54, 1.807) is 32.9 Å². The Morgan fingerprint density at radius 1 is 1.22 bits per heavy atom. The van der Waals surface area contributed by atoms with E-state index in [0.29, 0.717) is 6.42 Å². The molecule has 0 fully saturated rings. The lowest BCUT2D eigenvalue weighted by atomic mass is 10.0. The Bertz CT molecular complexity index is 520. The van der Waals surface area contributed by atoms with Gasteiger partial charge < -0.3 is 20.5 Å². The number of aryl methyl sites for hydroxylation is 1. The average Bonchev–Trinajstić information content (AvgIpc) is 2.45. The van der Waals surface area contributed by atoms with Crippen LogP contribution in [-0.4, -0.2) is 35.8 Å². The fourth-order valence-electron chi connectivity index (χ4n) is 2.07. The first-order valence-electron chi connectivity index (χ1n) is 7.70. The van der Waals surface area contributed by atoms with E-state index in [-0.39, 0.29) is 11.7 Å². The molecular formula is C17H26N2O4. The molecule has 0 aromatic heterocycles. The van der Waals surface area contributed by atoms with Crippen molar-refractivity contribution in [2.24, 2.45) is 0 Å². The van der Waals surface area contributed by atoms with Gasteiger partial charge in [-0.2, -0.15) is 0 Å². The zero-order valence-electron chi connectivity index (χ0n) is 14.2. The normalized spacial score (nSPS) is 12.3. The van der Waals surface area contributed by atoms with Crippen molar-refractivity contribution < 1.29 is 19.4 Å². The van der Waals surface area contributed by atoms with Crippen LogP contribution in [0.4, 0.5) is 4.79 Å². The van der Waals surface area contributed by atoms with Crippen LogP contribution in [-0.2, 0) is 16.0 Å². The summed E-state index contributed by atoms with van der Waals surface area (Å²) in [6.45, 7) is 5.31. The molecule has 0 saturated carbocycles. The van der Waals surface area contributed by atoms with Crippen LogP contribution < -0.4 is 10.6 Å². The fraction of sp³-hybridized carbons (Fsp3) is 0.529. The third kappa shape index (κ3) is 7.54. The second kappa shape index (κ2) is 8.41. The maximum absolute atomic E-state index is 11.9. The minimum atomic E-state index is -0.632. The van der Waals surface area contributed by atoms with Crippen LogP contribution in [0.15, 0.2) is 24.3 Å². The third-order valence-electron chi connectivity index (χ3n) is 3.15. The first kappa shape index (κ1) is 18.8. The van der Waals surface area contributed by atoms with Gasteiger partial charge in [-0.1, -0.05) is 12.1 Å². The number of hydrogen-bond donors (Lipinski definition) is 3. The molecule has 1 unspecified atom stereocenters. The predicted molar refractivity (Wildman–Crippen MR) is 88.3 cm³/mol. The molecule has 1 aromatic carbocycles. The Kier molecular flexibility index (Phi) is 6.88. The van der Waals surface area contributed by atoms with Crippen molar-refractivity contribution >= 4 is 12.0 Å². The molecule has 0 aliphatic rings. The number of amides is 2. The minimum Gasteiger partial charge on any atom is -0.508 e. The summed E-state index contributed by atoms with van der Waals surface area (Å²) in [5, 5.41) is 14.4. The van der Waals surface area contributed by atoms with Crippen molar-refractivity contribution in [1.82, 2.24) is 10.6 Å². The molecule has 0 saturated heterocycles. The van der Waals surface area contributed by atoms with Crippen molar-refractivity contribution in [1.29, 1.82) is 0 Å². The van der Waals surface area contributed by atoms with E-state index in [1.807, 2.05) is 12.1 Å². The van der Waals surface area contributed by atoms with Crippen molar-refractivity contribution in [3.8, 4) is 5.75 Å². The van der Waals surface area contributed by atoms with Gasteiger partial charge in [-0.25, -0.2) is 4.79 Å². The smallest absolute Gasteiger partial charge is 0.408 e. The van der Waals surface area contributed by atoms with E-state index < -0.39 is 17.7 Å². The number of likely N-dealkylation sites (N-methyl/N-ethyl adjacent to an activating group) is 1. The lowest BCUT2D eigenvalue weighted by Gasteiger charge is -2.23. The highest BCUT2D eigenvalue weighted by molar-refractivity contribution is 5.85. The number of aromatic hydroxyl groups is 1. The zero-order valence-corrected chi connectivity index (χ0v) is 14.2. The van der Waals surface area contributed by atoms with Gasteiger partial charge in [0.1, 0.15) is 17.4 Å². The number of ether oxygens (including phenoxy) is 1. The molecule has 0 aliphatic heterocycles. The van der Waals surface area contributed by atoms with Gasteiger partial charge in [-0.05, 0) is 57.7 Å². The zero-order chi connectivity index (χ0) is 17.5. The van der Waals surface area contributed by atoms with Crippen LogP contribution >= 0.6 is 0 Å². The summed E-state index contributed by atoms with van der Waals surface area (Å²) < 4.78 is 5.18. The second-order valence-corrected chi connectivity index (χ2v) is 6.37. The number of alkyl carbamates (subject to hydrolysis) is 1. The summed E-state index contributed by atoms with van der Waals surface area (Å²) in [6, 6.07) is 6.30. The van der Waals surface area contributed by atoms with Gasteiger partial charge in [-0.3, -0.25) is 4.79 Å². The van der Waals surface area contributed by atoms with Gasteiger partial charge in [0.25, 0.3) is 0 Å². The fourth-order valence-corrected chi connectivity index (χ4v) is 2.07. The largest absolute Gasteiger partial charge is 0.508 e. The lowest BCUT2D eigenvalue weighted by molar-refractivity contribution is -0.122. The standard InChI is InChI=1S/C17H26N2O4/c1-17(2,3)23-16(22)19-14(15(21)18-4)7-5-6-12-8-10-13(20)11-9-12/h8-11,14,20H,5-7H2,1-4H3,(H,18,21)(H,19,22). The maximum Gasteiger partial charge on any atom is 0.408 e.